The van der Waals surface area contributed by atoms with E-state index in [1.54, 1.807) is 24.8 Å². The Morgan fingerprint density at radius 1 is 1.28 bits per heavy atom. The summed E-state index contributed by atoms with van der Waals surface area (Å²) in [6, 6.07) is 11.8. The molecule has 29 heavy (non-hydrogen) atoms. The summed E-state index contributed by atoms with van der Waals surface area (Å²) in [4.78, 5) is 16.0. The molecule has 1 aromatic heterocycles. The topological polar surface area (TPSA) is 80.7 Å². The fourth-order valence-corrected chi connectivity index (χ4v) is 4.46. The van der Waals surface area contributed by atoms with Crippen LogP contribution in [0.15, 0.2) is 41.3 Å². The van der Waals surface area contributed by atoms with Gasteiger partial charge in [-0.1, -0.05) is 18.2 Å². The maximum atomic E-state index is 13.0. The number of ether oxygens (including phenoxy) is 1. The minimum atomic E-state index is -0.383. The van der Waals surface area contributed by atoms with Gasteiger partial charge >= 0.3 is 5.97 Å². The Balaban J connectivity index is 2.22. The van der Waals surface area contributed by atoms with Crippen molar-refractivity contribution in [2.45, 2.75) is 24.1 Å². The third-order valence-corrected chi connectivity index (χ3v) is 5.81. The molecule has 0 aliphatic carbocycles. The number of benzene rings is 2. The Hall–Kier alpha value is -2.64. The van der Waals surface area contributed by atoms with E-state index in [9.17, 15) is 9.90 Å². The molecule has 6 nitrogen and oxygen atoms in total. The molecule has 0 radical (unpaired) electrons. The number of carbonyl (C=O) groups excluding carboxylic acids is 1. The fourth-order valence-electron chi connectivity index (χ4n) is 3.47. The highest BCUT2D eigenvalue weighted by Gasteiger charge is 2.27. The summed E-state index contributed by atoms with van der Waals surface area (Å²) in [6.45, 7) is 2.52. The molecule has 1 heterocycles. The van der Waals surface area contributed by atoms with E-state index in [1.165, 1.54) is 0 Å². The van der Waals surface area contributed by atoms with Gasteiger partial charge in [-0.3, -0.25) is 0 Å². The van der Waals surface area contributed by atoms with Crippen LogP contribution in [-0.2, 0) is 24.1 Å². The van der Waals surface area contributed by atoms with Crippen molar-refractivity contribution in [2.24, 2.45) is 7.05 Å². The van der Waals surface area contributed by atoms with Gasteiger partial charge in [-0.25, -0.2) is 4.79 Å². The zero-order chi connectivity index (χ0) is 21.1. The average molecular weight is 414 g/mol. The van der Waals surface area contributed by atoms with Gasteiger partial charge in [-0.05, 0) is 39.2 Å². The number of hydrogen-bond acceptors (Lipinski definition) is 6. The number of phenols is 1. The molecule has 0 bridgehead atoms. The second kappa shape index (κ2) is 8.80. The first-order chi connectivity index (χ1) is 13.8. The van der Waals surface area contributed by atoms with E-state index in [2.05, 4.69) is 0 Å². The first-order valence-electron chi connectivity index (χ1n) is 9.46. The molecule has 0 saturated carbocycles. The van der Waals surface area contributed by atoms with E-state index in [4.69, 9.17) is 10.5 Å². The fraction of sp³-hybridized carbons (Fsp3) is 0.318. The molecule has 7 heteroatoms. The van der Waals surface area contributed by atoms with Gasteiger partial charge in [0.05, 0.1) is 23.4 Å². The van der Waals surface area contributed by atoms with Crippen LogP contribution in [0.5, 0.6) is 5.75 Å². The molecule has 3 rings (SSSR count). The van der Waals surface area contributed by atoms with Crippen molar-refractivity contribution in [1.82, 2.24) is 9.47 Å². The average Bonchev–Trinajstić information content (AvgIpc) is 2.96. The van der Waals surface area contributed by atoms with Gasteiger partial charge in [-0.2, -0.15) is 0 Å². The van der Waals surface area contributed by atoms with Crippen molar-refractivity contribution >= 4 is 34.3 Å². The van der Waals surface area contributed by atoms with Crippen molar-refractivity contribution in [1.29, 1.82) is 0 Å². The zero-order valence-electron chi connectivity index (χ0n) is 17.2. The summed E-state index contributed by atoms with van der Waals surface area (Å²) in [5.74, 6) is 0.223. The Bertz CT molecular complexity index is 1030. The second-order valence-electron chi connectivity index (χ2n) is 7.13. The van der Waals surface area contributed by atoms with Crippen molar-refractivity contribution in [3.05, 3.63) is 53.2 Å². The molecule has 0 unspecified atom stereocenters. The van der Waals surface area contributed by atoms with Gasteiger partial charge in [0.1, 0.15) is 5.75 Å². The Labute approximate surface area is 175 Å². The molecule has 3 N–H and O–H groups in total. The number of nitrogens with zero attached hydrogens (tertiary/aromatic N) is 2. The Kier molecular flexibility index (Phi) is 6.39. The van der Waals surface area contributed by atoms with E-state index in [1.807, 2.05) is 60.9 Å². The number of nitrogens with two attached hydrogens (primary N) is 1. The van der Waals surface area contributed by atoms with Gasteiger partial charge in [-0.15, -0.1) is 11.8 Å². The zero-order valence-corrected chi connectivity index (χ0v) is 18.0. The number of aromatic nitrogens is 1. The second-order valence-corrected chi connectivity index (χ2v) is 8.18. The van der Waals surface area contributed by atoms with Crippen LogP contribution >= 0.6 is 11.8 Å². The van der Waals surface area contributed by atoms with Crippen LogP contribution in [0.4, 0.5) is 5.69 Å². The Morgan fingerprint density at radius 2 is 1.97 bits per heavy atom. The summed E-state index contributed by atoms with van der Waals surface area (Å²) in [6.07, 6.45) is 0. The van der Waals surface area contributed by atoms with Crippen molar-refractivity contribution in [3.8, 4) is 5.75 Å². The lowest BCUT2D eigenvalue weighted by Crippen LogP contribution is -2.13. The van der Waals surface area contributed by atoms with Gasteiger partial charge in [0.2, 0.25) is 0 Å². The predicted molar refractivity (Wildman–Crippen MR) is 118 cm³/mol. The van der Waals surface area contributed by atoms with E-state index in [-0.39, 0.29) is 18.3 Å². The number of carbonyl (C=O) groups is 1. The predicted octanol–water partition coefficient (Wildman–Crippen LogP) is 4.00. The maximum absolute atomic E-state index is 13.0. The number of thioether (sulfide) groups is 1. The number of esters is 1. The Morgan fingerprint density at radius 3 is 2.59 bits per heavy atom. The molecule has 0 atom stereocenters. The van der Waals surface area contributed by atoms with E-state index < -0.39 is 0 Å². The smallest absolute Gasteiger partial charge is 0.340 e. The lowest BCUT2D eigenvalue weighted by atomic mass is 10.0. The van der Waals surface area contributed by atoms with Crippen molar-refractivity contribution < 1.29 is 14.6 Å². The monoisotopic (exact) mass is 413 g/mol. The van der Waals surface area contributed by atoms with Gasteiger partial charge < -0.3 is 25.0 Å². The molecule has 0 spiro atoms. The van der Waals surface area contributed by atoms with Crippen LogP contribution in [0.1, 0.15) is 28.5 Å². The van der Waals surface area contributed by atoms with Crippen LogP contribution in [0.25, 0.3) is 10.9 Å². The van der Waals surface area contributed by atoms with Crippen LogP contribution < -0.4 is 5.73 Å². The first-order valence-corrected chi connectivity index (χ1v) is 10.4. The molecule has 0 aliphatic heterocycles. The number of anilines is 1. The molecule has 0 fully saturated rings. The number of phenolic OH excluding ortho intramolecular Hbond substituents is 1. The number of aromatic hydroxyl groups is 1. The van der Waals surface area contributed by atoms with E-state index in [0.717, 1.165) is 16.1 Å². The van der Waals surface area contributed by atoms with E-state index in [0.29, 0.717) is 34.5 Å². The number of fused-ring (bicyclic) bond motifs is 1. The SMILES string of the molecule is CCOC(=O)c1c(CSc2ccccc2)n(C)c2cc(N)c(O)c(CN(C)C)c12. The molecule has 0 amide bonds. The normalized spacial score (nSPS) is 11.3. The molecule has 0 aliphatic rings. The van der Waals surface area contributed by atoms with Gasteiger partial charge in [0.25, 0.3) is 0 Å². The van der Waals surface area contributed by atoms with Gasteiger partial charge in [0.15, 0.2) is 0 Å². The quantitative estimate of drug-likeness (QED) is 0.264. The maximum Gasteiger partial charge on any atom is 0.340 e. The van der Waals surface area contributed by atoms with Crippen molar-refractivity contribution in [2.75, 3.05) is 26.4 Å². The molecule has 2 aromatic carbocycles. The third kappa shape index (κ3) is 4.21. The number of nitrogen functional groups attached to an aromatic ring is 1. The minimum absolute atomic E-state index is 0.0182. The number of hydrogen-bond donors (Lipinski definition) is 2. The van der Waals surface area contributed by atoms with Crippen LogP contribution in [-0.4, -0.2) is 41.2 Å². The molecule has 0 saturated heterocycles. The van der Waals surface area contributed by atoms with Gasteiger partial charge in [0, 0.05) is 40.9 Å². The summed E-state index contributed by atoms with van der Waals surface area (Å²) in [5, 5.41) is 11.4. The lowest BCUT2D eigenvalue weighted by Gasteiger charge is -2.15. The molecule has 154 valence electrons. The first kappa shape index (κ1) is 21.1. The van der Waals surface area contributed by atoms with Crippen LogP contribution in [0, 0.1) is 0 Å². The molecular formula is C22H27N3O3S. The largest absolute Gasteiger partial charge is 0.505 e. The summed E-state index contributed by atoms with van der Waals surface area (Å²) in [5.41, 5.74) is 9.18. The number of aryl methyl sites for hydroxylation is 1. The highest BCUT2D eigenvalue weighted by Crippen LogP contribution is 2.40. The van der Waals surface area contributed by atoms with Crippen molar-refractivity contribution in [3.63, 3.8) is 0 Å². The molecular weight excluding hydrogens is 386 g/mol. The lowest BCUT2D eigenvalue weighted by molar-refractivity contribution is 0.0527. The highest BCUT2D eigenvalue weighted by molar-refractivity contribution is 7.98. The van der Waals surface area contributed by atoms with E-state index >= 15 is 0 Å². The van der Waals surface area contributed by atoms with Crippen LogP contribution in [0.2, 0.25) is 0 Å². The number of rotatable bonds is 7. The third-order valence-electron chi connectivity index (χ3n) is 4.79. The minimum Gasteiger partial charge on any atom is -0.505 e. The summed E-state index contributed by atoms with van der Waals surface area (Å²) in [7, 11) is 5.74. The summed E-state index contributed by atoms with van der Waals surface area (Å²) >= 11 is 1.65. The standard InChI is InChI=1S/C22H27N3O3S/c1-5-28-22(27)20-18(13-29-14-9-7-6-8-10-14)25(4)17-11-16(23)21(26)15(19(17)20)12-24(2)3/h6-11,26H,5,12-13,23H2,1-4H3. The highest BCUT2D eigenvalue weighted by atomic mass is 32.2. The molecule has 3 aromatic rings. The summed E-state index contributed by atoms with van der Waals surface area (Å²) < 4.78 is 7.36. The van der Waals surface area contributed by atoms with Crippen LogP contribution in [0.3, 0.4) is 0 Å².